The number of primary amides is 1. The summed E-state index contributed by atoms with van der Waals surface area (Å²) in [7, 11) is 0. The molecule has 0 aliphatic heterocycles. The molecule has 0 fully saturated rings. The Balaban J connectivity index is 2.16. The van der Waals surface area contributed by atoms with Gasteiger partial charge in [-0.1, -0.05) is 30.3 Å². The molecule has 0 spiro atoms. The van der Waals surface area contributed by atoms with Crippen LogP contribution < -0.4 is 16.8 Å². The van der Waals surface area contributed by atoms with E-state index in [2.05, 4.69) is 5.32 Å². The van der Waals surface area contributed by atoms with Gasteiger partial charge in [0.1, 0.15) is 0 Å². The zero-order valence-corrected chi connectivity index (χ0v) is 10.3. The van der Waals surface area contributed by atoms with Crippen LogP contribution in [0.3, 0.4) is 0 Å². The Morgan fingerprint density at radius 2 is 1.89 bits per heavy atom. The Hall–Kier alpha value is -1.88. The van der Waals surface area contributed by atoms with Gasteiger partial charge in [-0.15, -0.1) is 0 Å². The van der Waals surface area contributed by atoms with E-state index in [4.69, 9.17) is 11.5 Å². The number of nitrogens with one attached hydrogen (secondary N) is 1. The summed E-state index contributed by atoms with van der Waals surface area (Å²) in [5.41, 5.74) is 11.6. The van der Waals surface area contributed by atoms with Crippen LogP contribution in [0.25, 0.3) is 0 Å². The van der Waals surface area contributed by atoms with Crippen molar-refractivity contribution in [3.05, 3.63) is 35.9 Å². The quantitative estimate of drug-likeness (QED) is 0.631. The summed E-state index contributed by atoms with van der Waals surface area (Å²) in [4.78, 5) is 22.1. The highest BCUT2D eigenvalue weighted by Gasteiger charge is 2.11. The first kappa shape index (κ1) is 14.2. The fourth-order valence-corrected chi connectivity index (χ4v) is 1.51. The molecule has 0 aliphatic carbocycles. The minimum atomic E-state index is -0.745. The molecule has 5 nitrogen and oxygen atoms in total. The van der Waals surface area contributed by atoms with E-state index in [0.29, 0.717) is 6.54 Å². The lowest BCUT2D eigenvalue weighted by Gasteiger charge is -2.08. The molecule has 0 bridgehead atoms. The minimum Gasteiger partial charge on any atom is -0.368 e. The van der Waals surface area contributed by atoms with Crippen LogP contribution in [0.15, 0.2) is 30.3 Å². The van der Waals surface area contributed by atoms with E-state index in [1.807, 2.05) is 30.3 Å². The van der Waals surface area contributed by atoms with Gasteiger partial charge < -0.3 is 16.8 Å². The molecule has 0 saturated carbocycles. The largest absolute Gasteiger partial charge is 0.368 e. The second-order valence-electron chi connectivity index (χ2n) is 4.13. The van der Waals surface area contributed by atoms with Gasteiger partial charge in [0.05, 0.1) is 6.04 Å². The normalized spacial score (nSPS) is 11.8. The number of nitrogens with two attached hydrogens (primary N) is 2. The lowest BCUT2D eigenvalue weighted by molar-refractivity contribution is -0.122. The predicted octanol–water partition coefficient (Wildman–Crippen LogP) is -0.0619. The summed E-state index contributed by atoms with van der Waals surface area (Å²) < 4.78 is 0. The highest BCUT2D eigenvalue weighted by atomic mass is 16.2. The number of carbonyl (C=O) groups is 2. The number of benzene rings is 1. The zero-order valence-electron chi connectivity index (χ0n) is 10.3. The third-order valence-corrected chi connectivity index (χ3v) is 2.63. The third kappa shape index (κ3) is 5.45. The summed E-state index contributed by atoms with van der Waals surface area (Å²) in [6.45, 7) is 0.578. The number of carbonyl (C=O) groups excluding carboxylic acids is 2. The monoisotopic (exact) mass is 249 g/mol. The average molecular weight is 249 g/mol. The van der Waals surface area contributed by atoms with Crippen LogP contribution in [-0.2, 0) is 16.0 Å². The Kier molecular flexibility index (Phi) is 5.87. The number of rotatable bonds is 7. The second kappa shape index (κ2) is 7.45. The fraction of sp³-hybridized carbons (Fsp3) is 0.385. The van der Waals surface area contributed by atoms with Crippen LogP contribution in [-0.4, -0.2) is 24.4 Å². The molecule has 1 atom stereocenters. The second-order valence-corrected chi connectivity index (χ2v) is 4.13. The van der Waals surface area contributed by atoms with Crippen LogP contribution in [0.5, 0.6) is 0 Å². The molecule has 1 aromatic carbocycles. The number of hydrogen-bond acceptors (Lipinski definition) is 3. The molecule has 5 N–H and O–H groups in total. The van der Waals surface area contributed by atoms with Crippen molar-refractivity contribution in [1.82, 2.24) is 5.32 Å². The summed E-state index contributed by atoms with van der Waals surface area (Å²) in [5.74, 6) is -0.685. The van der Waals surface area contributed by atoms with Gasteiger partial charge in [0.25, 0.3) is 0 Å². The molecule has 18 heavy (non-hydrogen) atoms. The van der Waals surface area contributed by atoms with E-state index in [1.54, 1.807) is 0 Å². The molecule has 0 aliphatic rings. The first-order chi connectivity index (χ1) is 8.59. The van der Waals surface area contributed by atoms with Crippen molar-refractivity contribution in [3.63, 3.8) is 0 Å². The van der Waals surface area contributed by atoms with E-state index in [9.17, 15) is 9.59 Å². The molecular formula is C13H19N3O2. The summed E-state index contributed by atoms with van der Waals surface area (Å²) in [6.07, 6.45) is 1.29. The van der Waals surface area contributed by atoms with Gasteiger partial charge in [0.2, 0.25) is 11.8 Å². The maximum Gasteiger partial charge on any atom is 0.234 e. The van der Waals surface area contributed by atoms with Crippen LogP contribution in [0.1, 0.15) is 18.4 Å². The SMILES string of the molecule is NC(=O)[C@@H](N)CCC(=O)NCCc1ccccc1. The molecule has 1 rings (SSSR count). The van der Waals surface area contributed by atoms with Gasteiger partial charge >= 0.3 is 0 Å². The van der Waals surface area contributed by atoms with E-state index < -0.39 is 11.9 Å². The molecule has 1 aromatic rings. The van der Waals surface area contributed by atoms with Crippen LogP contribution in [0.4, 0.5) is 0 Å². The molecule has 98 valence electrons. The van der Waals surface area contributed by atoms with Crippen molar-refractivity contribution >= 4 is 11.8 Å². The van der Waals surface area contributed by atoms with Crippen molar-refractivity contribution in [2.24, 2.45) is 11.5 Å². The third-order valence-electron chi connectivity index (χ3n) is 2.63. The smallest absolute Gasteiger partial charge is 0.234 e. The van der Waals surface area contributed by atoms with Crippen LogP contribution in [0, 0.1) is 0 Å². The molecule has 2 amide bonds. The number of hydrogen-bond donors (Lipinski definition) is 3. The van der Waals surface area contributed by atoms with E-state index >= 15 is 0 Å². The van der Waals surface area contributed by atoms with Gasteiger partial charge in [-0.25, -0.2) is 0 Å². The first-order valence-corrected chi connectivity index (χ1v) is 5.95. The maximum absolute atomic E-state index is 11.4. The lowest BCUT2D eigenvalue weighted by Crippen LogP contribution is -2.37. The zero-order chi connectivity index (χ0) is 13.4. The topological polar surface area (TPSA) is 98.2 Å². The van der Waals surface area contributed by atoms with Crippen molar-refractivity contribution in [1.29, 1.82) is 0 Å². The number of amides is 2. The standard InChI is InChI=1S/C13H19N3O2/c14-11(13(15)18)6-7-12(17)16-9-8-10-4-2-1-3-5-10/h1-5,11H,6-9,14H2,(H2,15,18)(H,16,17)/t11-/m0/s1. The molecular weight excluding hydrogens is 230 g/mol. The Morgan fingerprint density at radius 3 is 2.50 bits per heavy atom. The van der Waals surface area contributed by atoms with Gasteiger partial charge in [0, 0.05) is 13.0 Å². The molecule has 0 radical (unpaired) electrons. The lowest BCUT2D eigenvalue weighted by atomic mass is 10.1. The molecule has 0 aromatic heterocycles. The summed E-state index contributed by atoms with van der Waals surface area (Å²) in [6, 6.07) is 9.15. The molecule has 0 unspecified atom stereocenters. The highest BCUT2D eigenvalue weighted by Crippen LogP contribution is 1.99. The van der Waals surface area contributed by atoms with Crippen molar-refractivity contribution in [2.45, 2.75) is 25.3 Å². The van der Waals surface area contributed by atoms with E-state index in [-0.39, 0.29) is 18.7 Å². The predicted molar refractivity (Wildman–Crippen MR) is 69.6 cm³/mol. The molecule has 0 saturated heterocycles. The average Bonchev–Trinajstić information content (AvgIpc) is 2.37. The summed E-state index contributed by atoms with van der Waals surface area (Å²) in [5, 5.41) is 2.78. The summed E-state index contributed by atoms with van der Waals surface area (Å²) >= 11 is 0. The van der Waals surface area contributed by atoms with Crippen LogP contribution >= 0.6 is 0 Å². The molecule has 5 heteroatoms. The highest BCUT2D eigenvalue weighted by molar-refractivity contribution is 5.81. The Bertz CT molecular complexity index is 392. The van der Waals surface area contributed by atoms with Crippen molar-refractivity contribution in [2.75, 3.05) is 6.54 Å². The first-order valence-electron chi connectivity index (χ1n) is 5.95. The van der Waals surface area contributed by atoms with Gasteiger partial charge in [-0.2, -0.15) is 0 Å². The van der Waals surface area contributed by atoms with Gasteiger partial charge in [0.15, 0.2) is 0 Å². The van der Waals surface area contributed by atoms with Gasteiger partial charge in [-0.05, 0) is 18.4 Å². The van der Waals surface area contributed by atoms with Crippen molar-refractivity contribution in [3.8, 4) is 0 Å². The maximum atomic E-state index is 11.4. The van der Waals surface area contributed by atoms with Crippen LogP contribution in [0.2, 0.25) is 0 Å². The Morgan fingerprint density at radius 1 is 1.22 bits per heavy atom. The Labute approximate surface area is 107 Å². The minimum absolute atomic E-state index is 0.109. The van der Waals surface area contributed by atoms with Gasteiger partial charge in [-0.3, -0.25) is 9.59 Å². The fourth-order valence-electron chi connectivity index (χ4n) is 1.51. The molecule has 0 heterocycles. The van der Waals surface area contributed by atoms with E-state index in [1.165, 1.54) is 5.56 Å². The van der Waals surface area contributed by atoms with E-state index in [0.717, 1.165) is 6.42 Å². The van der Waals surface area contributed by atoms with Crippen molar-refractivity contribution < 1.29 is 9.59 Å².